The van der Waals surface area contributed by atoms with Gasteiger partial charge in [-0.25, -0.2) is 0 Å². The third-order valence-corrected chi connectivity index (χ3v) is 3.20. The Bertz CT molecular complexity index is 764. The lowest BCUT2D eigenvalue weighted by atomic mass is 10.1. The van der Waals surface area contributed by atoms with Gasteiger partial charge >= 0.3 is 0 Å². The fourth-order valence-corrected chi connectivity index (χ4v) is 2.49. The number of pyridine rings is 1. The molecule has 0 saturated heterocycles. The SMILES string of the molecule is Cc1cncc2[nH]c3c(NC=O)cc(Cl)cc3c12. The average molecular weight is 260 g/mol. The number of amides is 1. The van der Waals surface area contributed by atoms with E-state index in [-0.39, 0.29) is 0 Å². The predicted molar refractivity (Wildman–Crippen MR) is 73.0 cm³/mol. The largest absolute Gasteiger partial charge is 0.352 e. The van der Waals surface area contributed by atoms with E-state index in [4.69, 9.17) is 11.6 Å². The van der Waals surface area contributed by atoms with Gasteiger partial charge in [0.1, 0.15) is 0 Å². The van der Waals surface area contributed by atoms with Crippen molar-refractivity contribution in [3.05, 3.63) is 35.1 Å². The molecular formula is C13H10ClN3O. The number of aromatic amines is 1. The summed E-state index contributed by atoms with van der Waals surface area (Å²) in [6, 6.07) is 3.61. The second-order valence-electron chi connectivity index (χ2n) is 4.14. The first kappa shape index (κ1) is 11.0. The van der Waals surface area contributed by atoms with Crippen molar-refractivity contribution in [2.45, 2.75) is 6.92 Å². The zero-order chi connectivity index (χ0) is 12.7. The summed E-state index contributed by atoms with van der Waals surface area (Å²) in [5.41, 5.74) is 3.53. The third kappa shape index (κ3) is 1.54. The molecule has 0 fully saturated rings. The van der Waals surface area contributed by atoms with Crippen LogP contribution in [0.15, 0.2) is 24.5 Å². The Morgan fingerprint density at radius 1 is 1.39 bits per heavy atom. The summed E-state index contributed by atoms with van der Waals surface area (Å²) >= 11 is 6.08. The molecule has 5 heteroatoms. The molecule has 0 unspecified atom stereocenters. The molecule has 2 N–H and O–H groups in total. The van der Waals surface area contributed by atoms with Crippen molar-refractivity contribution in [2.75, 3.05) is 5.32 Å². The van der Waals surface area contributed by atoms with Crippen LogP contribution in [0.4, 0.5) is 5.69 Å². The van der Waals surface area contributed by atoms with E-state index in [1.54, 1.807) is 12.3 Å². The van der Waals surface area contributed by atoms with Crippen LogP contribution in [0, 0.1) is 6.92 Å². The van der Waals surface area contributed by atoms with Crippen LogP contribution in [0.5, 0.6) is 0 Å². The maximum Gasteiger partial charge on any atom is 0.211 e. The maximum atomic E-state index is 10.6. The molecule has 3 rings (SSSR count). The van der Waals surface area contributed by atoms with Gasteiger partial charge in [-0.05, 0) is 24.6 Å². The highest BCUT2D eigenvalue weighted by atomic mass is 35.5. The Balaban J connectivity index is 2.50. The number of rotatable bonds is 2. The van der Waals surface area contributed by atoms with Crippen LogP contribution in [0.2, 0.25) is 5.02 Å². The molecule has 3 aromatic rings. The van der Waals surface area contributed by atoms with Gasteiger partial charge in [-0.2, -0.15) is 0 Å². The van der Waals surface area contributed by atoms with Crippen LogP contribution in [0.1, 0.15) is 5.56 Å². The molecule has 0 spiro atoms. The van der Waals surface area contributed by atoms with E-state index < -0.39 is 0 Å². The number of fused-ring (bicyclic) bond motifs is 3. The van der Waals surface area contributed by atoms with Gasteiger partial charge in [0.2, 0.25) is 6.41 Å². The molecule has 0 radical (unpaired) electrons. The van der Waals surface area contributed by atoms with Crippen LogP contribution in [-0.4, -0.2) is 16.4 Å². The number of carbonyl (C=O) groups excluding carboxylic acids is 1. The molecule has 0 bridgehead atoms. The van der Waals surface area contributed by atoms with Crippen molar-refractivity contribution < 1.29 is 4.79 Å². The molecule has 0 aliphatic carbocycles. The summed E-state index contributed by atoms with van der Waals surface area (Å²) in [7, 11) is 0. The number of benzene rings is 1. The lowest BCUT2D eigenvalue weighted by Gasteiger charge is -2.02. The van der Waals surface area contributed by atoms with Gasteiger partial charge in [0.25, 0.3) is 0 Å². The summed E-state index contributed by atoms with van der Waals surface area (Å²) in [5, 5.41) is 5.31. The molecule has 0 saturated carbocycles. The highest BCUT2D eigenvalue weighted by Crippen LogP contribution is 2.34. The topological polar surface area (TPSA) is 57.8 Å². The Hall–Kier alpha value is -2.07. The summed E-state index contributed by atoms with van der Waals surface area (Å²) in [6.45, 7) is 2.00. The first-order valence-corrected chi connectivity index (χ1v) is 5.84. The average Bonchev–Trinajstić information content (AvgIpc) is 2.69. The molecule has 1 amide bonds. The van der Waals surface area contributed by atoms with Gasteiger partial charge in [-0.15, -0.1) is 0 Å². The number of hydrogen-bond donors (Lipinski definition) is 2. The predicted octanol–water partition coefficient (Wildman–Crippen LogP) is 3.25. The Kier molecular flexibility index (Phi) is 2.45. The molecule has 2 heterocycles. The number of aryl methyl sites for hydroxylation is 1. The first-order valence-electron chi connectivity index (χ1n) is 5.46. The fraction of sp³-hybridized carbons (Fsp3) is 0.0769. The van der Waals surface area contributed by atoms with Crippen LogP contribution >= 0.6 is 11.6 Å². The van der Waals surface area contributed by atoms with Crippen LogP contribution < -0.4 is 5.32 Å². The van der Waals surface area contributed by atoms with Crippen molar-refractivity contribution in [3.63, 3.8) is 0 Å². The third-order valence-electron chi connectivity index (χ3n) is 2.98. The van der Waals surface area contributed by atoms with E-state index in [0.717, 1.165) is 27.4 Å². The Morgan fingerprint density at radius 3 is 3.00 bits per heavy atom. The van der Waals surface area contributed by atoms with Gasteiger partial charge in [0.15, 0.2) is 0 Å². The number of anilines is 1. The first-order chi connectivity index (χ1) is 8.70. The van der Waals surface area contributed by atoms with Gasteiger partial charge in [-0.1, -0.05) is 11.6 Å². The molecule has 0 aliphatic heterocycles. The zero-order valence-electron chi connectivity index (χ0n) is 9.62. The summed E-state index contributed by atoms with van der Waals surface area (Å²) in [5.74, 6) is 0. The molecule has 2 aromatic heterocycles. The lowest BCUT2D eigenvalue weighted by Crippen LogP contribution is -1.94. The van der Waals surface area contributed by atoms with E-state index in [2.05, 4.69) is 15.3 Å². The Morgan fingerprint density at radius 2 is 2.22 bits per heavy atom. The molecule has 4 nitrogen and oxygen atoms in total. The smallest absolute Gasteiger partial charge is 0.211 e. The van der Waals surface area contributed by atoms with E-state index in [1.807, 2.05) is 19.2 Å². The van der Waals surface area contributed by atoms with E-state index >= 15 is 0 Å². The lowest BCUT2D eigenvalue weighted by molar-refractivity contribution is -0.105. The number of aromatic nitrogens is 2. The number of nitrogens with one attached hydrogen (secondary N) is 2. The van der Waals surface area contributed by atoms with E-state index in [9.17, 15) is 4.79 Å². The van der Waals surface area contributed by atoms with E-state index in [0.29, 0.717) is 17.1 Å². The second kappa shape index (κ2) is 3.99. The van der Waals surface area contributed by atoms with Crippen molar-refractivity contribution in [1.82, 2.24) is 9.97 Å². The highest BCUT2D eigenvalue weighted by Gasteiger charge is 2.11. The molecule has 1 aromatic carbocycles. The number of H-pyrrole nitrogens is 1. The standard InChI is InChI=1S/C13H10ClN3O/c1-7-4-15-5-11-12(7)9-2-8(14)3-10(16-6-18)13(9)17-11/h2-6,17H,1H3,(H,16,18). The van der Waals surface area contributed by atoms with Crippen LogP contribution in [-0.2, 0) is 4.79 Å². The van der Waals surface area contributed by atoms with Gasteiger partial charge in [0, 0.05) is 22.0 Å². The van der Waals surface area contributed by atoms with Gasteiger partial charge in [0.05, 0.1) is 22.9 Å². The molecular weight excluding hydrogens is 250 g/mol. The van der Waals surface area contributed by atoms with E-state index in [1.165, 1.54) is 0 Å². The summed E-state index contributed by atoms with van der Waals surface area (Å²) in [6.07, 6.45) is 4.21. The normalized spacial score (nSPS) is 11.0. The molecule has 18 heavy (non-hydrogen) atoms. The molecule has 0 aliphatic rings. The number of carbonyl (C=O) groups is 1. The monoisotopic (exact) mass is 259 g/mol. The summed E-state index contributed by atoms with van der Waals surface area (Å²) in [4.78, 5) is 18.0. The van der Waals surface area contributed by atoms with Crippen molar-refractivity contribution in [3.8, 4) is 0 Å². The van der Waals surface area contributed by atoms with Gasteiger partial charge < -0.3 is 10.3 Å². The van der Waals surface area contributed by atoms with Gasteiger partial charge in [-0.3, -0.25) is 9.78 Å². The Labute approximate surface area is 108 Å². The minimum absolute atomic E-state index is 0.587. The van der Waals surface area contributed by atoms with Crippen LogP contribution in [0.25, 0.3) is 21.8 Å². The molecule has 0 atom stereocenters. The fourth-order valence-electron chi connectivity index (χ4n) is 2.27. The number of halogens is 1. The highest BCUT2D eigenvalue weighted by molar-refractivity contribution is 6.32. The van der Waals surface area contributed by atoms with Crippen molar-refractivity contribution in [2.24, 2.45) is 0 Å². The van der Waals surface area contributed by atoms with Crippen molar-refractivity contribution >= 4 is 45.5 Å². The zero-order valence-corrected chi connectivity index (χ0v) is 10.4. The number of hydrogen-bond acceptors (Lipinski definition) is 2. The summed E-state index contributed by atoms with van der Waals surface area (Å²) < 4.78 is 0. The minimum atomic E-state index is 0.587. The second-order valence-corrected chi connectivity index (χ2v) is 4.58. The van der Waals surface area contributed by atoms with Crippen molar-refractivity contribution in [1.29, 1.82) is 0 Å². The van der Waals surface area contributed by atoms with Crippen LogP contribution in [0.3, 0.4) is 0 Å². The molecule has 90 valence electrons. The number of nitrogens with zero attached hydrogens (tertiary/aromatic N) is 1. The quantitative estimate of drug-likeness (QED) is 0.694. The maximum absolute atomic E-state index is 10.6. The minimum Gasteiger partial charge on any atom is -0.352 e.